The number of benzene rings is 2. The van der Waals surface area contributed by atoms with Crippen molar-refractivity contribution in [2.45, 2.75) is 31.3 Å². The molecule has 1 aliphatic rings. The van der Waals surface area contributed by atoms with E-state index >= 15 is 0 Å². The summed E-state index contributed by atoms with van der Waals surface area (Å²) in [5.74, 6) is -0.848. The van der Waals surface area contributed by atoms with Gasteiger partial charge in [0.25, 0.3) is 5.91 Å². The van der Waals surface area contributed by atoms with E-state index in [1.54, 1.807) is 11.7 Å². The number of carbonyl (C=O) groups is 1. The largest absolute Gasteiger partial charge is 0.347 e. The highest BCUT2D eigenvalue weighted by Gasteiger charge is 2.33. The number of fused-ring (bicyclic) bond motifs is 1. The average molecular weight is 443 g/mol. The van der Waals surface area contributed by atoms with Gasteiger partial charge in [-0.15, -0.1) is 0 Å². The summed E-state index contributed by atoms with van der Waals surface area (Å²) in [5, 5.41) is 7.23. The molecule has 2 aromatic carbocycles. The Morgan fingerprint density at radius 1 is 1.19 bits per heavy atom. The van der Waals surface area contributed by atoms with Gasteiger partial charge in [0.2, 0.25) is 10.0 Å². The van der Waals surface area contributed by atoms with E-state index in [2.05, 4.69) is 10.4 Å². The molecule has 1 N–H and O–H groups in total. The molecule has 0 aliphatic carbocycles. The molecule has 1 aliphatic heterocycles. The van der Waals surface area contributed by atoms with Gasteiger partial charge >= 0.3 is 0 Å². The van der Waals surface area contributed by atoms with Crippen LogP contribution in [-0.2, 0) is 36.6 Å². The Balaban J connectivity index is 1.56. The van der Waals surface area contributed by atoms with Gasteiger partial charge in [-0.2, -0.15) is 9.40 Å². The lowest BCUT2D eigenvalue weighted by Gasteiger charge is -2.26. The van der Waals surface area contributed by atoms with Crippen LogP contribution in [0.1, 0.15) is 32.9 Å². The van der Waals surface area contributed by atoms with Crippen LogP contribution in [0.15, 0.2) is 53.4 Å². The van der Waals surface area contributed by atoms with Gasteiger partial charge in [-0.1, -0.05) is 29.8 Å². The molecule has 0 bridgehead atoms. The maximum atomic E-state index is 13.2. The van der Waals surface area contributed by atoms with Gasteiger partial charge in [-0.3, -0.25) is 9.48 Å². The predicted octanol–water partition coefficient (Wildman–Crippen LogP) is 2.54. The highest BCUT2D eigenvalue weighted by Crippen LogP contribution is 2.27. The van der Waals surface area contributed by atoms with E-state index in [0.29, 0.717) is 18.5 Å². The predicted molar refractivity (Wildman–Crippen MR) is 113 cm³/mol. The average Bonchev–Trinajstić information content (AvgIpc) is 3.08. The summed E-state index contributed by atoms with van der Waals surface area (Å²) in [4.78, 5) is 12.9. The fraction of sp³-hybridized carbons (Fsp3) is 0.273. The zero-order valence-electron chi connectivity index (χ0n) is 17.3. The summed E-state index contributed by atoms with van der Waals surface area (Å²) in [6.45, 7) is 2.63. The first-order valence-corrected chi connectivity index (χ1v) is 11.3. The molecule has 0 spiro atoms. The SMILES string of the molecule is Cc1cccc(CNC(=O)c2nn(C)c3c2CN(S(=O)(=O)c2ccc(F)cc2)CC3)c1. The minimum Gasteiger partial charge on any atom is -0.347 e. The zero-order valence-corrected chi connectivity index (χ0v) is 18.1. The standard InChI is InChI=1S/C22H23FN4O3S/c1-15-4-3-5-16(12-15)13-24-22(28)21-19-14-27(11-10-20(19)26(2)25-21)31(29,30)18-8-6-17(23)7-9-18/h3-9,12H,10-11,13-14H2,1-2H3,(H,24,28). The van der Waals surface area contributed by atoms with Crippen LogP contribution in [0.3, 0.4) is 0 Å². The van der Waals surface area contributed by atoms with Crippen molar-refractivity contribution in [1.82, 2.24) is 19.4 Å². The van der Waals surface area contributed by atoms with E-state index in [1.807, 2.05) is 31.2 Å². The van der Waals surface area contributed by atoms with Gasteiger partial charge in [0.1, 0.15) is 5.82 Å². The Bertz CT molecular complexity index is 1240. The molecular weight excluding hydrogens is 419 g/mol. The lowest BCUT2D eigenvalue weighted by atomic mass is 10.1. The minimum absolute atomic E-state index is 0.0201. The zero-order chi connectivity index (χ0) is 22.2. The Labute approximate surface area is 180 Å². The third kappa shape index (κ3) is 4.24. The quantitative estimate of drug-likeness (QED) is 0.658. The number of nitrogens with one attached hydrogen (secondary N) is 1. The van der Waals surface area contributed by atoms with E-state index in [4.69, 9.17) is 0 Å². The Hall–Kier alpha value is -3.04. The summed E-state index contributed by atoms with van der Waals surface area (Å²) in [7, 11) is -2.07. The van der Waals surface area contributed by atoms with E-state index in [0.717, 1.165) is 29.0 Å². The number of aryl methyl sites for hydroxylation is 2. The number of hydrogen-bond donors (Lipinski definition) is 1. The molecule has 4 rings (SSSR count). The van der Waals surface area contributed by atoms with Gasteiger partial charge in [0, 0.05) is 44.4 Å². The van der Waals surface area contributed by atoms with E-state index in [-0.39, 0.29) is 29.6 Å². The first-order chi connectivity index (χ1) is 14.8. The molecule has 2 heterocycles. The van der Waals surface area contributed by atoms with Crippen molar-refractivity contribution in [1.29, 1.82) is 0 Å². The number of aromatic nitrogens is 2. The van der Waals surface area contributed by atoms with Crippen molar-refractivity contribution >= 4 is 15.9 Å². The second-order valence-corrected chi connectivity index (χ2v) is 9.55. The van der Waals surface area contributed by atoms with Crippen LogP contribution >= 0.6 is 0 Å². The van der Waals surface area contributed by atoms with Crippen molar-refractivity contribution in [3.05, 3.63) is 82.4 Å². The molecule has 1 aromatic heterocycles. The van der Waals surface area contributed by atoms with Crippen LogP contribution in [0, 0.1) is 12.7 Å². The molecule has 0 saturated heterocycles. The van der Waals surface area contributed by atoms with E-state index in [9.17, 15) is 17.6 Å². The molecule has 0 fully saturated rings. The van der Waals surface area contributed by atoms with Crippen LogP contribution in [0.2, 0.25) is 0 Å². The lowest BCUT2D eigenvalue weighted by molar-refractivity contribution is 0.0943. The molecule has 0 atom stereocenters. The van der Waals surface area contributed by atoms with Gasteiger partial charge < -0.3 is 5.32 Å². The van der Waals surface area contributed by atoms with Crippen molar-refractivity contribution in [2.75, 3.05) is 6.54 Å². The van der Waals surface area contributed by atoms with Gasteiger partial charge in [-0.25, -0.2) is 12.8 Å². The molecule has 9 heteroatoms. The lowest BCUT2D eigenvalue weighted by Crippen LogP contribution is -2.37. The monoisotopic (exact) mass is 442 g/mol. The fourth-order valence-corrected chi connectivity index (χ4v) is 5.21. The first kappa shape index (κ1) is 21.2. The number of nitrogens with zero attached hydrogens (tertiary/aromatic N) is 3. The van der Waals surface area contributed by atoms with Crippen LogP contribution in [0.4, 0.5) is 4.39 Å². The second-order valence-electron chi connectivity index (χ2n) is 7.61. The highest BCUT2D eigenvalue weighted by atomic mass is 32.2. The number of rotatable bonds is 5. The van der Waals surface area contributed by atoms with Crippen LogP contribution in [-0.4, -0.2) is 35.0 Å². The number of halogens is 1. The summed E-state index contributed by atoms with van der Waals surface area (Å²) in [5.41, 5.74) is 3.74. The minimum atomic E-state index is -3.82. The van der Waals surface area contributed by atoms with E-state index in [1.165, 1.54) is 16.4 Å². The summed E-state index contributed by atoms with van der Waals surface area (Å²) >= 11 is 0. The molecule has 0 unspecified atom stereocenters. The summed E-state index contributed by atoms with van der Waals surface area (Å²) in [6.07, 6.45) is 0.435. The van der Waals surface area contributed by atoms with Gasteiger partial charge in [0.15, 0.2) is 5.69 Å². The second kappa shape index (κ2) is 8.24. The third-order valence-electron chi connectivity index (χ3n) is 5.41. The number of carbonyl (C=O) groups excluding carboxylic acids is 1. The highest BCUT2D eigenvalue weighted by molar-refractivity contribution is 7.89. The Kier molecular flexibility index (Phi) is 5.63. The molecule has 1 amide bonds. The summed E-state index contributed by atoms with van der Waals surface area (Å²) < 4.78 is 42.2. The number of hydrogen-bond acceptors (Lipinski definition) is 4. The maximum Gasteiger partial charge on any atom is 0.272 e. The van der Waals surface area contributed by atoms with Crippen molar-refractivity contribution < 1.29 is 17.6 Å². The van der Waals surface area contributed by atoms with Crippen molar-refractivity contribution in [3.63, 3.8) is 0 Å². The molecule has 3 aromatic rings. The molecule has 0 radical (unpaired) electrons. The molecule has 0 saturated carbocycles. The molecule has 31 heavy (non-hydrogen) atoms. The van der Waals surface area contributed by atoms with Crippen LogP contribution in [0.25, 0.3) is 0 Å². The Morgan fingerprint density at radius 2 is 1.94 bits per heavy atom. The molecule has 162 valence electrons. The van der Waals surface area contributed by atoms with Crippen LogP contribution in [0.5, 0.6) is 0 Å². The van der Waals surface area contributed by atoms with Crippen molar-refractivity contribution in [3.8, 4) is 0 Å². The molecular formula is C22H23FN4O3S. The first-order valence-electron chi connectivity index (χ1n) is 9.90. The van der Waals surface area contributed by atoms with Gasteiger partial charge in [0.05, 0.1) is 4.90 Å². The fourth-order valence-electron chi connectivity index (χ4n) is 3.80. The normalized spacial score (nSPS) is 14.3. The number of sulfonamides is 1. The Morgan fingerprint density at radius 3 is 2.65 bits per heavy atom. The third-order valence-corrected chi connectivity index (χ3v) is 7.27. The van der Waals surface area contributed by atoms with Crippen LogP contribution < -0.4 is 5.32 Å². The van der Waals surface area contributed by atoms with Gasteiger partial charge in [-0.05, 0) is 36.8 Å². The van der Waals surface area contributed by atoms with E-state index < -0.39 is 15.8 Å². The maximum absolute atomic E-state index is 13.2. The molecule has 7 nitrogen and oxygen atoms in total. The topological polar surface area (TPSA) is 84.3 Å². The smallest absolute Gasteiger partial charge is 0.272 e. The summed E-state index contributed by atoms with van der Waals surface area (Å²) in [6, 6.07) is 12.6. The number of amides is 1. The van der Waals surface area contributed by atoms with Crippen molar-refractivity contribution in [2.24, 2.45) is 7.05 Å².